The van der Waals surface area contributed by atoms with Gasteiger partial charge in [-0.1, -0.05) is 55.2 Å². The van der Waals surface area contributed by atoms with Crippen LogP contribution in [0.2, 0.25) is 0 Å². The van der Waals surface area contributed by atoms with E-state index in [2.05, 4.69) is 37.0 Å². The molecule has 0 fully saturated rings. The molecule has 1 atom stereocenters. The lowest BCUT2D eigenvalue weighted by Gasteiger charge is -2.09. The molecular weight excluding hydrogens is 180 g/mol. The van der Waals surface area contributed by atoms with Gasteiger partial charge in [0.05, 0.1) is 0 Å². The summed E-state index contributed by atoms with van der Waals surface area (Å²) >= 11 is 0. The van der Waals surface area contributed by atoms with Crippen molar-refractivity contribution >= 4 is 0 Å². The summed E-state index contributed by atoms with van der Waals surface area (Å²) in [6.45, 7) is 2.18. The van der Waals surface area contributed by atoms with Crippen LogP contribution in [0, 0.1) is 17.8 Å². The first-order valence-corrected chi connectivity index (χ1v) is 5.30. The molecule has 2 rings (SSSR count). The summed E-state index contributed by atoms with van der Waals surface area (Å²) in [6.07, 6.45) is 7.64. The smallest absolute Gasteiger partial charge is 0.0248 e. The lowest BCUT2D eigenvalue weighted by molar-refractivity contribution is 0.871. The van der Waals surface area contributed by atoms with Crippen LogP contribution in [0.5, 0.6) is 0 Å². The van der Waals surface area contributed by atoms with Crippen LogP contribution < -0.4 is 0 Å². The Morgan fingerprint density at radius 1 is 1.13 bits per heavy atom. The van der Waals surface area contributed by atoms with Crippen molar-refractivity contribution in [3.63, 3.8) is 0 Å². The van der Waals surface area contributed by atoms with E-state index in [9.17, 15) is 0 Å². The molecule has 1 aromatic carbocycles. The summed E-state index contributed by atoms with van der Waals surface area (Å²) in [5.41, 5.74) is 2.32. The summed E-state index contributed by atoms with van der Waals surface area (Å²) in [5, 5.41) is 0. The average Bonchev–Trinajstić information content (AvgIpc) is 2.29. The Balaban J connectivity index is 2.16. The summed E-state index contributed by atoms with van der Waals surface area (Å²) in [6, 6.07) is 10.1. The van der Waals surface area contributed by atoms with Crippen molar-refractivity contribution in [1.82, 2.24) is 0 Å². The van der Waals surface area contributed by atoms with E-state index in [0.29, 0.717) is 5.92 Å². The zero-order valence-corrected chi connectivity index (χ0v) is 8.90. The molecule has 1 aliphatic rings. The van der Waals surface area contributed by atoms with Gasteiger partial charge in [-0.25, -0.2) is 0 Å². The predicted octanol–water partition coefficient (Wildman–Crippen LogP) is 3.56. The highest BCUT2D eigenvalue weighted by Gasteiger charge is 2.04. The molecule has 0 N–H and O–H groups in total. The van der Waals surface area contributed by atoms with E-state index in [1.807, 2.05) is 30.3 Å². The van der Waals surface area contributed by atoms with Crippen LogP contribution >= 0.6 is 0 Å². The van der Waals surface area contributed by atoms with E-state index in [-0.39, 0.29) is 0 Å². The van der Waals surface area contributed by atoms with Gasteiger partial charge < -0.3 is 0 Å². The Morgan fingerprint density at radius 2 is 1.93 bits per heavy atom. The summed E-state index contributed by atoms with van der Waals surface area (Å²) in [5.74, 6) is 6.91. The molecule has 74 valence electrons. The van der Waals surface area contributed by atoms with Crippen LogP contribution in [0.25, 0.3) is 0 Å². The first-order valence-electron chi connectivity index (χ1n) is 5.30. The molecule has 15 heavy (non-hydrogen) atoms. The maximum atomic E-state index is 3.25. The van der Waals surface area contributed by atoms with E-state index in [1.165, 1.54) is 5.57 Å². The number of allylic oxidation sites excluding steroid dienone is 4. The van der Waals surface area contributed by atoms with Gasteiger partial charge in [0.25, 0.3) is 0 Å². The summed E-state index contributed by atoms with van der Waals surface area (Å²) < 4.78 is 0. The maximum Gasteiger partial charge on any atom is 0.0248 e. The molecule has 0 heteroatoms. The second-order valence-corrected chi connectivity index (χ2v) is 3.73. The molecule has 0 aromatic heterocycles. The topological polar surface area (TPSA) is 0 Å². The van der Waals surface area contributed by atoms with Crippen LogP contribution in [0.15, 0.2) is 54.1 Å². The van der Waals surface area contributed by atoms with E-state index in [0.717, 1.165) is 12.0 Å². The van der Waals surface area contributed by atoms with Gasteiger partial charge in [-0.3, -0.25) is 0 Å². The molecule has 0 bridgehead atoms. The minimum atomic E-state index is 0.468. The van der Waals surface area contributed by atoms with E-state index in [4.69, 9.17) is 0 Å². The van der Waals surface area contributed by atoms with Crippen LogP contribution in [0.3, 0.4) is 0 Å². The largest absolute Gasteiger partial charge is 0.0841 e. The van der Waals surface area contributed by atoms with Crippen molar-refractivity contribution in [2.75, 3.05) is 0 Å². The van der Waals surface area contributed by atoms with Crippen LogP contribution in [-0.4, -0.2) is 0 Å². The Morgan fingerprint density at radius 3 is 2.67 bits per heavy atom. The number of rotatable bonds is 0. The Bertz CT molecular complexity index is 438. The molecule has 0 nitrogen and oxygen atoms in total. The fourth-order valence-electron chi connectivity index (χ4n) is 1.60. The highest BCUT2D eigenvalue weighted by molar-refractivity contribution is 5.43. The highest BCUT2D eigenvalue weighted by Crippen LogP contribution is 2.17. The molecule has 0 amide bonds. The molecule has 0 aliphatic heterocycles. The number of hydrogen-bond acceptors (Lipinski definition) is 0. The molecule has 0 saturated carbocycles. The van der Waals surface area contributed by atoms with Gasteiger partial charge in [-0.05, 0) is 18.6 Å². The van der Waals surface area contributed by atoms with Crippen molar-refractivity contribution in [3.8, 4) is 11.8 Å². The van der Waals surface area contributed by atoms with Gasteiger partial charge in [-0.2, -0.15) is 0 Å². The van der Waals surface area contributed by atoms with Gasteiger partial charge in [0, 0.05) is 17.1 Å². The van der Waals surface area contributed by atoms with Crippen molar-refractivity contribution in [2.24, 2.45) is 5.92 Å². The van der Waals surface area contributed by atoms with E-state index in [1.54, 1.807) is 0 Å². The molecule has 0 saturated heterocycles. The maximum absolute atomic E-state index is 3.25. The lowest BCUT2D eigenvalue weighted by atomic mass is 9.95. The second-order valence-electron chi connectivity index (χ2n) is 3.73. The first kappa shape index (κ1) is 9.80. The fraction of sp³-hybridized carbons (Fsp3) is 0.200. The van der Waals surface area contributed by atoms with Crippen LogP contribution in [-0.2, 0) is 0 Å². The molecule has 0 heterocycles. The van der Waals surface area contributed by atoms with Gasteiger partial charge >= 0.3 is 0 Å². The highest BCUT2D eigenvalue weighted by atomic mass is 14.1. The molecule has 1 aliphatic carbocycles. The summed E-state index contributed by atoms with van der Waals surface area (Å²) in [7, 11) is 0. The lowest BCUT2D eigenvalue weighted by Crippen LogP contribution is -1.96. The SMILES string of the molecule is CC1C=CCC=C1C#Cc1ccccc1. The molecular formula is C15H14. The Labute approximate surface area is 91.3 Å². The standard InChI is InChI=1S/C15H14/c1-13-7-5-6-10-15(13)12-11-14-8-3-2-4-9-14/h2-5,7-10,13H,6H2,1H3. The zero-order valence-electron chi connectivity index (χ0n) is 8.90. The average molecular weight is 194 g/mol. The third kappa shape index (κ3) is 2.60. The number of benzene rings is 1. The van der Waals surface area contributed by atoms with E-state index >= 15 is 0 Å². The van der Waals surface area contributed by atoms with Crippen molar-refractivity contribution in [3.05, 3.63) is 59.7 Å². The van der Waals surface area contributed by atoms with Crippen molar-refractivity contribution in [2.45, 2.75) is 13.3 Å². The molecule has 0 spiro atoms. The number of hydrogen-bond donors (Lipinski definition) is 0. The minimum absolute atomic E-state index is 0.468. The first-order chi connectivity index (χ1) is 7.36. The Kier molecular flexibility index (Phi) is 3.05. The van der Waals surface area contributed by atoms with Crippen LogP contribution in [0.1, 0.15) is 18.9 Å². The molecule has 0 radical (unpaired) electrons. The van der Waals surface area contributed by atoms with E-state index < -0.39 is 0 Å². The predicted molar refractivity (Wildman–Crippen MR) is 64.3 cm³/mol. The fourth-order valence-corrected chi connectivity index (χ4v) is 1.60. The quantitative estimate of drug-likeness (QED) is 0.437. The Hall–Kier alpha value is -1.74. The van der Waals surface area contributed by atoms with Gasteiger partial charge in [0.15, 0.2) is 0 Å². The molecule has 1 unspecified atom stereocenters. The van der Waals surface area contributed by atoms with Gasteiger partial charge in [0.2, 0.25) is 0 Å². The summed E-state index contributed by atoms with van der Waals surface area (Å²) in [4.78, 5) is 0. The zero-order chi connectivity index (χ0) is 10.5. The minimum Gasteiger partial charge on any atom is -0.0841 e. The van der Waals surface area contributed by atoms with Crippen molar-refractivity contribution in [1.29, 1.82) is 0 Å². The third-order valence-corrected chi connectivity index (χ3v) is 2.51. The third-order valence-electron chi connectivity index (χ3n) is 2.51. The van der Waals surface area contributed by atoms with Crippen molar-refractivity contribution < 1.29 is 0 Å². The molecule has 1 aromatic rings. The van der Waals surface area contributed by atoms with Gasteiger partial charge in [-0.15, -0.1) is 0 Å². The second kappa shape index (κ2) is 4.66. The van der Waals surface area contributed by atoms with Crippen LogP contribution in [0.4, 0.5) is 0 Å². The van der Waals surface area contributed by atoms with Gasteiger partial charge in [0.1, 0.15) is 0 Å². The monoisotopic (exact) mass is 194 g/mol. The normalized spacial score (nSPS) is 19.0.